The number of nitrogens with zero attached hydrogens (tertiary/aromatic N) is 6. The highest BCUT2D eigenvalue weighted by molar-refractivity contribution is 5.97. The van der Waals surface area contributed by atoms with Crippen LogP contribution in [0.1, 0.15) is 31.4 Å². The number of fused-ring (bicyclic) bond motifs is 2. The molecule has 214 valence electrons. The summed E-state index contributed by atoms with van der Waals surface area (Å²) in [6.45, 7) is 7.85. The first-order valence-electron chi connectivity index (χ1n) is 14.4. The fourth-order valence-corrected chi connectivity index (χ4v) is 5.41. The second-order valence-corrected chi connectivity index (χ2v) is 10.8. The van der Waals surface area contributed by atoms with Gasteiger partial charge in [0, 0.05) is 48.4 Å². The van der Waals surface area contributed by atoms with Crippen LogP contribution in [-0.2, 0) is 13.1 Å². The highest BCUT2D eigenvalue weighted by atomic mass is 19.1. The molecule has 1 fully saturated rings. The van der Waals surface area contributed by atoms with E-state index in [1.165, 1.54) is 12.0 Å². The smallest absolute Gasteiger partial charge is 0.181 e. The molecule has 1 saturated heterocycles. The Balaban J connectivity index is 0.00000155. The fourth-order valence-electron chi connectivity index (χ4n) is 5.41. The van der Waals surface area contributed by atoms with Crippen molar-refractivity contribution in [1.82, 2.24) is 39.9 Å². The van der Waals surface area contributed by atoms with Gasteiger partial charge in [0.2, 0.25) is 0 Å². The summed E-state index contributed by atoms with van der Waals surface area (Å²) >= 11 is 0. The van der Waals surface area contributed by atoms with Crippen LogP contribution in [0.15, 0.2) is 67.1 Å². The minimum atomic E-state index is -0.260. The maximum atomic E-state index is 14.6. The van der Waals surface area contributed by atoms with E-state index in [0.717, 1.165) is 69.6 Å². The molecule has 0 atom stereocenters. The summed E-state index contributed by atoms with van der Waals surface area (Å²) in [5.41, 5.74) is 8.76. The van der Waals surface area contributed by atoms with Crippen LogP contribution in [0, 0.1) is 5.82 Å². The Bertz CT molecular complexity index is 1850. The first-order chi connectivity index (χ1) is 20.5. The summed E-state index contributed by atoms with van der Waals surface area (Å²) in [4.78, 5) is 21.9. The van der Waals surface area contributed by atoms with Crippen LogP contribution in [-0.4, -0.2) is 67.1 Å². The summed E-state index contributed by atoms with van der Waals surface area (Å²) in [5.74, 6) is 0.391. The fraction of sp³-hybridized carbons (Fsp3) is 0.273. The van der Waals surface area contributed by atoms with Crippen molar-refractivity contribution in [3.8, 4) is 33.8 Å². The van der Waals surface area contributed by atoms with E-state index in [4.69, 9.17) is 4.98 Å². The molecule has 0 spiro atoms. The lowest BCUT2D eigenvalue weighted by Gasteiger charge is -2.30. The third-order valence-corrected chi connectivity index (χ3v) is 7.41. The molecule has 42 heavy (non-hydrogen) atoms. The number of para-hydroxylation sites is 1. The van der Waals surface area contributed by atoms with E-state index in [1.54, 1.807) is 12.1 Å². The number of H-pyrrole nitrogens is 2. The predicted octanol–water partition coefficient (Wildman–Crippen LogP) is 6.66. The molecule has 0 aliphatic carbocycles. The molecule has 7 rings (SSSR count). The van der Waals surface area contributed by atoms with Gasteiger partial charge in [0.25, 0.3) is 0 Å². The summed E-state index contributed by atoms with van der Waals surface area (Å²) in [5, 5.41) is 8.43. The number of nitrogens with one attached hydrogen (secondary N) is 2. The molecule has 2 aromatic carbocycles. The van der Waals surface area contributed by atoms with Crippen LogP contribution >= 0.6 is 0 Å². The molecular weight excluding hydrogens is 527 g/mol. The van der Waals surface area contributed by atoms with Gasteiger partial charge in [0.1, 0.15) is 11.5 Å². The van der Waals surface area contributed by atoms with E-state index >= 15 is 0 Å². The normalized spacial score (nSPS) is 13.4. The van der Waals surface area contributed by atoms with Crippen molar-refractivity contribution >= 4 is 22.1 Å². The van der Waals surface area contributed by atoms with Crippen LogP contribution in [0.3, 0.4) is 0 Å². The highest BCUT2D eigenvalue weighted by Gasteiger charge is 2.18. The Kier molecular flexibility index (Phi) is 7.78. The van der Waals surface area contributed by atoms with Gasteiger partial charge in [-0.1, -0.05) is 26.0 Å². The van der Waals surface area contributed by atoms with Gasteiger partial charge in [-0.05, 0) is 86.7 Å². The first-order valence-corrected chi connectivity index (χ1v) is 14.4. The van der Waals surface area contributed by atoms with E-state index < -0.39 is 0 Å². The lowest BCUT2D eigenvalue weighted by molar-refractivity contribution is 0.172. The van der Waals surface area contributed by atoms with Gasteiger partial charge in [0.05, 0.1) is 16.4 Å². The largest absolute Gasteiger partial charge is 0.337 e. The number of likely N-dealkylation sites (tertiary alicyclic amines) is 1. The number of hydrogen-bond donors (Lipinski definition) is 2. The van der Waals surface area contributed by atoms with Crippen molar-refractivity contribution in [2.24, 2.45) is 0 Å². The number of hydrogen-bond acceptors (Lipinski definition) is 6. The van der Waals surface area contributed by atoms with Crippen LogP contribution in [0.4, 0.5) is 4.39 Å². The zero-order valence-electron chi connectivity index (χ0n) is 24.4. The van der Waals surface area contributed by atoms with Gasteiger partial charge in [-0.2, -0.15) is 5.10 Å². The SMILES string of the molecule is CC.CN(C)Cc1cc(F)cc(-c2cccc3[nH]c(-c4[nH]nc5ncc(-c6cncc(CN7CCC7)c6)cc45)nc23)c1. The van der Waals surface area contributed by atoms with Gasteiger partial charge in [0.15, 0.2) is 11.5 Å². The van der Waals surface area contributed by atoms with Gasteiger partial charge >= 0.3 is 0 Å². The average molecular weight is 563 g/mol. The zero-order chi connectivity index (χ0) is 29.2. The Morgan fingerprint density at radius 2 is 1.74 bits per heavy atom. The van der Waals surface area contributed by atoms with Crippen molar-refractivity contribution in [2.45, 2.75) is 33.4 Å². The predicted molar refractivity (Wildman–Crippen MR) is 166 cm³/mol. The van der Waals surface area contributed by atoms with E-state index in [0.29, 0.717) is 18.0 Å². The van der Waals surface area contributed by atoms with Crippen LogP contribution < -0.4 is 0 Å². The Morgan fingerprint density at radius 1 is 0.929 bits per heavy atom. The lowest BCUT2D eigenvalue weighted by Crippen LogP contribution is -2.36. The van der Waals surface area contributed by atoms with Crippen molar-refractivity contribution in [1.29, 1.82) is 0 Å². The number of benzene rings is 2. The van der Waals surface area contributed by atoms with Gasteiger partial charge in [-0.15, -0.1) is 0 Å². The van der Waals surface area contributed by atoms with E-state index in [-0.39, 0.29) is 5.82 Å². The molecule has 8 nitrogen and oxygen atoms in total. The van der Waals surface area contributed by atoms with E-state index in [2.05, 4.69) is 42.2 Å². The maximum Gasteiger partial charge on any atom is 0.181 e. The molecule has 0 amide bonds. The van der Waals surface area contributed by atoms with E-state index in [9.17, 15) is 4.39 Å². The molecule has 1 aliphatic heterocycles. The van der Waals surface area contributed by atoms with Gasteiger partial charge in [-0.25, -0.2) is 14.4 Å². The van der Waals surface area contributed by atoms with Gasteiger partial charge < -0.3 is 9.88 Å². The Hall–Kier alpha value is -4.47. The van der Waals surface area contributed by atoms with Crippen molar-refractivity contribution in [2.75, 3.05) is 27.2 Å². The quantitative estimate of drug-likeness (QED) is 0.226. The number of imidazole rings is 1. The van der Waals surface area contributed by atoms with Crippen LogP contribution in [0.5, 0.6) is 0 Å². The van der Waals surface area contributed by atoms with Crippen LogP contribution in [0.2, 0.25) is 0 Å². The van der Waals surface area contributed by atoms with Crippen molar-refractivity contribution < 1.29 is 4.39 Å². The molecular formula is C33H35FN8. The minimum Gasteiger partial charge on any atom is -0.337 e. The molecule has 9 heteroatoms. The average Bonchev–Trinajstić information content (AvgIpc) is 3.59. The van der Waals surface area contributed by atoms with Crippen molar-refractivity contribution in [3.63, 3.8) is 0 Å². The summed E-state index contributed by atoms with van der Waals surface area (Å²) in [6.07, 6.45) is 6.91. The molecule has 4 aromatic heterocycles. The van der Waals surface area contributed by atoms with Gasteiger partial charge in [-0.3, -0.25) is 15.0 Å². The molecule has 0 radical (unpaired) electrons. The molecule has 0 saturated carbocycles. The van der Waals surface area contributed by atoms with E-state index in [1.807, 2.05) is 75.7 Å². The molecule has 2 N–H and O–H groups in total. The molecule has 0 unspecified atom stereocenters. The summed E-state index contributed by atoms with van der Waals surface area (Å²) in [7, 11) is 3.95. The highest BCUT2D eigenvalue weighted by Crippen LogP contribution is 2.33. The first kappa shape index (κ1) is 27.7. The summed E-state index contributed by atoms with van der Waals surface area (Å²) < 4.78 is 14.6. The molecule has 6 aromatic rings. The minimum absolute atomic E-state index is 0.260. The summed E-state index contributed by atoms with van der Waals surface area (Å²) in [6, 6.07) is 15.4. The monoisotopic (exact) mass is 562 g/mol. The number of pyridine rings is 2. The molecule has 1 aliphatic rings. The van der Waals surface area contributed by atoms with Crippen LogP contribution in [0.25, 0.3) is 55.8 Å². The standard InChI is InChI=1S/C31H29FN8.C2H6/c1-39(2)17-19-9-21(12-24(32)11-19)25-5-3-6-27-28(25)36-31(35-27)29-26-13-23(16-34-30(26)38-37-29)22-10-20(14-33-15-22)18-40-7-4-8-40;1-2/h3,5-6,9-16H,4,7-8,17-18H2,1-2H3,(H,35,36)(H,34,37,38);1-2H3. The number of rotatable bonds is 7. The third-order valence-electron chi connectivity index (χ3n) is 7.41. The maximum absolute atomic E-state index is 14.6. The Morgan fingerprint density at radius 3 is 2.52 bits per heavy atom. The number of halogens is 1. The second kappa shape index (κ2) is 11.8. The Labute approximate surface area is 244 Å². The number of aromatic amines is 2. The number of aromatic nitrogens is 6. The lowest BCUT2D eigenvalue weighted by atomic mass is 10.0. The molecule has 5 heterocycles. The topological polar surface area (TPSA) is 89.6 Å². The second-order valence-electron chi connectivity index (χ2n) is 10.8. The van der Waals surface area contributed by atoms with Crippen molar-refractivity contribution in [3.05, 3.63) is 84.1 Å². The zero-order valence-corrected chi connectivity index (χ0v) is 24.4. The third kappa shape index (κ3) is 5.53. The molecule has 0 bridgehead atoms.